The van der Waals surface area contributed by atoms with Crippen LogP contribution in [-0.4, -0.2) is 20.0 Å². The molecule has 0 saturated heterocycles. The SMILES string of the molecule is CCC(C)COc1ccc(C=O)cc1OC. The van der Waals surface area contributed by atoms with Crippen LogP contribution in [0.25, 0.3) is 0 Å². The average molecular weight is 222 g/mol. The Bertz CT molecular complexity index is 347. The molecule has 0 N–H and O–H groups in total. The molecule has 0 aromatic heterocycles. The number of hydrogen-bond acceptors (Lipinski definition) is 3. The third-order valence-electron chi connectivity index (χ3n) is 2.54. The van der Waals surface area contributed by atoms with Crippen LogP contribution >= 0.6 is 0 Å². The second kappa shape index (κ2) is 6.16. The van der Waals surface area contributed by atoms with Gasteiger partial charge >= 0.3 is 0 Å². The fourth-order valence-corrected chi connectivity index (χ4v) is 1.23. The molecular formula is C13H18O3. The third kappa shape index (κ3) is 3.26. The molecule has 0 heterocycles. The number of methoxy groups -OCH3 is 1. The van der Waals surface area contributed by atoms with Crippen molar-refractivity contribution in [1.82, 2.24) is 0 Å². The predicted molar refractivity (Wildman–Crippen MR) is 63.3 cm³/mol. The highest BCUT2D eigenvalue weighted by Gasteiger charge is 2.07. The summed E-state index contributed by atoms with van der Waals surface area (Å²) < 4.78 is 10.8. The van der Waals surface area contributed by atoms with Gasteiger partial charge in [0.1, 0.15) is 6.29 Å². The van der Waals surface area contributed by atoms with Crippen LogP contribution in [-0.2, 0) is 0 Å². The normalized spacial score (nSPS) is 11.9. The minimum atomic E-state index is 0.510. The Morgan fingerprint density at radius 2 is 2.12 bits per heavy atom. The van der Waals surface area contributed by atoms with E-state index in [1.165, 1.54) is 0 Å². The Hall–Kier alpha value is -1.51. The van der Waals surface area contributed by atoms with Gasteiger partial charge < -0.3 is 9.47 Å². The molecule has 1 unspecified atom stereocenters. The van der Waals surface area contributed by atoms with Crippen molar-refractivity contribution in [2.45, 2.75) is 20.3 Å². The summed E-state index contributed by atoms with van der Waals surface area (Å²) in [5.74, 6) is 1.80. The zero-order valence-corrected chi connectivity index (χ0v) is 10.0. The fourth-order valence-electron chi connectivity index (χ4n) is 1.23. The van der Waals surface area contributed by atoms with Crippen molar-refractivity contribution < 1.29 is 14.3 Å². The van der Waals surface area contributed by atoms with Gasteiger partial charge in [-0.3, -0.25) is 4.79 Å². The van der Waals surface area contributed by atoms with Crippen molar-refractivity contribution in [3.63, 3.8) is 0 Å². The van der Waals surface area contributed by atoms with Crippen molar-refractivity contribution in [2.24, 2.45) is 5.92 Å². The fraction of sp³-hybridized carbons (Fsp3) is 0.462. The van der Waals surface area contributed by atoms with Gasteiger partial charge in [0.2, 0.25) is 0 Å². The lowest BCUT2D eigenvalue weighted by Crippen LogP contribution is -2.08. The van der Waals surface area contributed by atoms with E-state index in [0.717, 1.165) is 12.7 Å². The Morgan fingerprint density at radius 1 is 1.38 bits per heavy atom. The summed E-state index contributed by atoms with van der Waals surface area (Å²) in [6.45, 7) is 4.92. The monoisotopic (exact) mass is 222 g/mol. The van der Waals surface area contributed by atoms with Crippen LogP contribution < -0.4 is 9.47 Å². The van der Waals surface area contributed by atoms with Crippen LogP contribution in [0, 0.1) is 5.92 Å². The van der Waals surface area contributed by atoms with Crippen LogP contribution in [0.4, 0.5) is 0 Å². The topological polar surface area (TPSA) is 35.5 Å². The maximum Gasteiger partial charge on any atom is 0.161 e. The molecule has 0 spiro atoms. The number of ether oxygens (including phenoxy) is 2. The second-order valence-corrected chi connectivity index (χ2v) is 3.85. The quantitative estimate of drug-likeness (QED) is 0.694. The van der Waals surface area contributed by atoms with E-state index in [-0.39, 0.29) is 0 Å². The lowest BCUT2D eigenvalue weighted by atomic mass is 10.1. The van der Waals surface area contributed by atoms with Gasteiger partial charge in [0.15, 0.2) is 11.5 Å². The summed E-state index contributed by atoms with van der Waals surface area (Å²) in [5, 5.41) is 0. The number of aldehydes is 1. The van der Waals surface area contributed by atoms with Crippen LogP contribution in [0.1, 0.15) is 30.6 Å². The summed E-state index contributed by atoms with van der Waals surface area (Å²) in [4.78, 5) is 10.6. The smallest absolute Gasteiger partial charge is 0.161 e. The number of carbonyl (C=O) groups excluding carboxylic acids is 1. The lowest BCUT2D eigenvalue weighted by Gasteiger charge is -2.13. The molecule has 0 aliphatic rings. The Balaban J connectivity index is 2.75. The first kappa shape index (κ1) is 12.6. The molecule has 1 aromatic carbocycles. The molecule has 16 heavy (non-hydrogen) atoms. The van der Waals surface area contributed by atoms with Gasteiger partial charge in [0.25, 0.3) is 0 Å². The molecular weight excluding hydrogens is 204 g/mol. The molecule has 3 heteroatoms. The van der Waals surface area contributed by atoms with E-state index in [0.29, 0.717) is 29.6 Å². The number of rotatable bonds is 6. The van der Waals surface area contributed by atoms with Gasteiger partial charge in [-0.25, -0.2) is 0 Å². The minimum Gasteiger partial charge on any atom is -0.493 e. The van der Waals surface area contributed by atoms with Crippen molar-refractivity contribution >= 4 is 6.29 Å². The molecule has 0 bridgehead atoms. The zero-order valence-electron chi connectivity index (χ0n) is 10.0. The molecule has 0 aliphatic carbocycles. The molecule has 3 nitrogen and oxygen atoms in total. The molecule has 0 radical (unpaired) electrons. The highest BCUT2D eigenvalue weighted by atomic mass is 16.5. The Kier molecular flexibility index (Phi) is 4.83. The van der Waals surface area contributed by atoms with E-state index in [2.05, 4.69) is 13.8 Å². The number of carbonyl (C=O) groups is 1. The second-order valence-electron chi connectivity index (χ2n) is 3.85. The van der Waals surface area contributed by atoms with Gasteiger partial charge in [-0.1, -0.05) is 20.3 Å². The maximum atomic E-state index is 10.6. The molecule has 0 amide bonds. The summed E-state index contributed by atoms with van der Waals surface area (Å²) in [6.07, 6.45) is 1.87. The van der Waals surface area contributed by atoms with E-state index in [4.69, 9.17) is 9.47 Å². The predicted octanol–water partition coefficient (Wildman–Crippen LogP) is 2.93. The average Bonchev–Trinajstić information content (AvgIpc) is 2.35. The van der Waals surface area contributed by atoms with Crippen molar-refractivity contribution in [2.75, 3.05) is 13.7 Å². The first-order valence-electron chi connectivity index (χ1n) is 5.47. The van der Waals surface area contributed by atoms with E-state index in [9.17, 15) is 4.79 Å². The van der Waals surface area contributed by atoms with Gasteiger partial charge in [0.05, 0.1) is 13.7 Å². The highest BCUT2D eigenvalue weighted by Crippen LogP contribution is 2.28. The number of hydrogen-bond donors (Lipinski definition) is 0. The highest BCUT2D eigenvalue weighted by molar-refractivity contribution is 5.76. The van der Waals surface area contributed by atoms with Crippen LogP contribution in [0.2, 0.25) is 0 Å². The Morgan fingerprint density at radius 3 is 2.69 bits per heavy atom. The summed E-state index contributed by atoms with van der Waals surface area (Å²) in [7, 11) is 1.57. The van der Waals surface area contributed by atoms with E-state index in [1.807, 2.05) is 0 Å². The standard InChI is InChI=1S/C13H18O3/c1-4-10(2)9-16-12-6-5-11(8-14)7-13(12)15-3/h5-8,10H,4,9H2,1-3H3. The van der Waals surface area contributed by atoms with E-state index < -0.39 is 0 Å². The molecule has 1 rings (SSSR count). The molecule has 0 saturated carbocycles. The zero-order chi connectivity index (χ0) is 12.0. The van der Waals surface area contributed by atoms with Gasteiger partial charge in [-0.15, -0.1) is 0 Å². The first-order valence-corrected chi connectivity index (χ1v) is 5.47. The third-order valence-corrected chi connectivity index (χ3v) is 2.54. The van der Waals surface area contributed by atoms with Crippen LogP contribution in [0.3, 0.4) is 0 Å². The van der Waals surface area contributed by atoms with Crippen LogP contribution in [0.5, 0.6) is 11.5 Å². The molecule has 1 aromatic rings. The lowest BCUT2D eigenvalue weighted by molar-refractivity contribution is 0.112. The van der Waals surface area contributed by atoms with E-state index in [1.54, 1.807) is 25.3 Å². The van der Waals surface area contributed by atoms with Gasteiger partial charge in [-0.2, -0.15) is 0 Å². The largest absolute Gasteiger partial charge is 0.493 e. The molecule has 0 aliphatic heterocycles. The molecule has 88 valence electrons. The first-order chi connectivity index (χ1) is 7.71. The molecule has 1 atom stereocenters. The van der Waals surface area contributed by atoms with Crippen LogP contribution in [0.15, 0.2) is 18.2 Å². The summed E-state index contributed by atoms with van der Waals surface area (Å²) >= 11 is 0. The maximum absolute atomic E-state index is 10.6. The number of benzene rings is 1. The summed E-state index contributed by atoms with van der Waals surface area (Å²) in [6, 6.07) is 5.17. The minimum absolute atomic E-state index is 0.510. The van der Waals surface area contributed by atoms with Crippen molar-refractivity contribution in [3.05, 3.63) is 23.8 Å². The van der Waals surface area contributed by atoms with Gasteiger partial charge in [-0.05, 0) is 24.1 Å². The van der Waals surface area contributed by atoms with Gasteiger partial charge in [0, 0.05) is 5.56 Å². The summed E-state index contributed by atoms with van der Waals surface area (Å²) in [5.41, 5.74) is 0.590. The Labute approximate surface area is 96.4 Å². The van der Waals surface area contributed by atoms with E-state index >= 15 is 0 Å². The molecule has 0 fully saturated rings. The van der Waals surface area contributed by atoms with Crippen molar-refractivity contribution in [3.8, 4) is 11.5 Å². The van der Waals surface area contributed by atoms with Crippen molar-refractivity contribution in [1.29, 1.82) is 0 Å².